The van der Waals surface area contributed by atoms with E-state index in [-0.39, 0.29) is 0 Å². The van der Waals surface area contributed by atoms with Crippen LogP contribution in [0.3, 0.4) is 0 Å². The van der Waals surface area contributed by atoms with Gasteiger partial charge in [-0.15, -0.1) is 0 Å². The minimum absolute atomic E-state index is 0.510. The summed E-state index contributed by atoms with van der Waals surface area (Å²) >= 11 is 0. The molecule has 2 aliphatic rings. The molecule has 0 aromatic heterocycles. The lowest BCUT2D eigenvalue weighted by molar-refractivity contribution is -0.0719. The molecule has 2 fully saturated rings. The van der Waals surface area contributed by atoms with E-state index in [0.29, 0.717) is 5.41 Å². The molecule has 2 rings (SSSR count). The third-order valence-electron chi connectivity index (χ3n) is 2.96. The van der Waals surface area contributed by atoms with E-state index < -0.39 is 0 Å². The Labute approximate surface area is 67.9 Å². The molecule has 0 amide bonds. The summed E-state index contributed by atoms with van der Waals surface area (Å²) in [6.45, 7) is 3.85. The van der Waals surface area contributed by atoms with Crippen molar-refractivity contribution in [1.29, 1.82) is 0 Å². The highest BCUT2D eigenvalue weighted by Crippen LogP contribution is 2.37. The van der Waals surface area contributed by atoms with Gasteiger partial charge in [-0.3, -0.25) is 0 Å². The zero-order valence-corrected chi connectivity index (χ0v) is 6.97. The molecule has 11 heavy (non-hydrogen) atoms. The largest absolute Gasteiger partial charge is 0.381 e. The normalized spacial score (nSPS) is 30.5. The molecule has 0 aliphatic carbocycles. The van der Waals surface area contributed by atoms with E-state index in [9.17, 15) is 0 Å². The van der Waals surface area contributed by atoms with Gasteiger partial charge in [-0.2, -0.15) is 0 Å². The van der Waals surface area contributed by atoms with Crippen LogP contribution >= 0.6 is 0 Å². The van der Waals surface area contributed by atoms with E-state index in [0.717, 1.165) is 26.4 Å². The van der Waals surface area contributed by atoms with E-state index >= 15 is 0 Å². The lowest BCUT2D eigenvalue weighted by Gasteiger charge is -2.39. The van der Waals surface area contributed by atoms with Gasteiger partial charge in [0.25, 0.3) is 0 Å². The average Bonchev–Trinajstić information content (AvgIpc) is 2.07. The molecule has 2 heteroatoms. The first-order valence-corrected chi connectivity index (χ1v) is 4.57. The standard InChI is InChI=1S/C9H16O2/c1-2-9(8-11-5-1)3-6-10-7-4-9/h1-8H2. The molecule has 64 valence electrons. The summed E-state index contributed by atoms with van der Waals surface area (Å²) in [4.78, 5) is 0. The molecular formula is C9H16O2. The molecule has 2 nitrogen and oxygen atoms in total. The Morgan fingerprint density at radius 1 is 0.818 bits per heavy atom. The van der Waals surface area contributed by atoms with Gasteiger partial charge in [0.15, 0.2) is 0 Å². The Morgan fingerprint density at radius 2 is 1.64 bits per heavy atom. The van der Waals surface area contributed by atoms with Crippen molar-refractivity contribution in [3.8, 4) is 0 Å². The van der Waals surface area contributed by atoms with Gasteiger partial charge in [0, 0.05) is 19.8 Å². The summed E-state index contributed by atoms with van der Waals surface area (Å²) in [7, 11) is 0. The van der Waals surface area contributed by atoms with Gasteiger partial charge in [-0.25, -0.2) is 0 Å². The molecule has 2 heterocycles. The molecule has 2 saturated heterocycles. The molecule has 0 radical (unpaired) electrons. The van der Waals surface area contributed by atoms with Crippen molar-refractivity contribution < 1.29 is 9.47 Å². The van der Waals surface area contributed by atoms with Crippen LogP contribution in [0.2, 0.25) is 0 Å². The molecule has 0 aromatic carbocycles. The lowest BCUT2D eigenvalue weighted by atomic mass is 9.76. The summed E-state index contributed by atoms with van der Waals surface area (Å²) in [6.07, 6.45) is 5.04. The van der Waals surface area contributed by atoms with Crippen molar-refractivity contribution in [3.05, 3.63) is 0 Å². The monoisotopic (exact) mass is 156 g/mol. The second-order valence-electron chi connectivity index (χ2n) is 3.77. The van der Waals surface area contributed by atoms with E-state index in [1.54, 1.807) is 0 Å². The minimum atomic E-state index is 0.510. The van der Waals surface area contributed by atoms with Gasteiger partial charge in [0.05, 0.1) is 6.61 Å². The second kappa shape index (κ2) is 3.11. The maximum atomic E-state index is 5.51. The maximum absolute atomic E-state index is 5.51. The topological polar surface area (TPSA) is 18.5 Å². The predicted octanol–water partition coefficient (Wildman–Crippen LogP) is 1.59. The van der Waals surface area contributed by atoms with Crippen LogP contribution in [-0.2, 0) is 9.47 Å². The van der Waals surface area contributed by atoms with Crippen molar-refractivity contribution in [2.45, 2.75) is 25.7 Å². The molecule has 0 atom stereocenters. The van der Waals surface area contributed by atoms with Crippen LogP contribution in [0.25, 0.3) is 0 Å². The zero-order chi connectivity index (χ0) is 7.57. The van der Waals surface area contributed by atoms with Crippen molar-refractivity contribution in [3.63, 3.8) is 0 Å². The molecule has 0 unspecified atom stereocenters. The van der Waals surface area contributed by atoms with Crippen molar-refractivity contribution >= 4 is 0 Å². The predicted molar refractivity (Wildman–Crippen MR) is 42.5 cm³/mol. The second-order valence-corrected chi connectivity index (χ2v) is 3.77. The highest BCUT2D eigenvalue weighted by atomic mass is 16.5. The molecule has 0 aromatic rings. The number of ether oxygens (including phenoxy) is 2. The summed E-state index contributed by atoms with van der Waals surface area (Å²) < 4.78 is 10.8. The van der Waals surface area contributed by atoms with Crippen molar-refractivity contribution in [2.75, 3.05) is 26.4 Å². The first-order chi connectivity index (χ1) is 5.41. The summed E-state index contributed by atoms with van der Waals surface area (Å²) in [5.41, 5.74) is 0.510. The van der Waals surface area contributed by atoms with Gasteiger partial charge in [-0.1, -0.05) is 0 Å². The van der Waals surface area contributed by atoms with Gasteiger partial charge in [0.2, 0.25) is 0 Å². The Hall–Kier alpha value is -0.0800. The average molecular weight is 156 g/mol. The zero-order valence-electron chi connectivity index (χ0n) is 6.97. The fourth-order valence-corrected chi connectivity index (χ4v) is 2.11. The lowest BCUT2D eigenvalue weighted by Crippen LogP contribution is -2.37. The first-order valence-electron chi connectivity index (χ1n) is 4.57. The molecule has 0 bridgehead atoms. The molecule has 2 aliphatic heterocycles. The van der Waals surface area contributed by atoms with Crippen LogP contribution in [0.1, 0.15) is 25.7 Å². The Kier molecular flexibility index (Phi) is 2.14. The van der Waals surface area contributed by atoms with Crippen LogP contribution in [-0.4, -0.2) is 26.4 Å². The molecule has 1 spiro atoms. The van der Waals surface area contributed by atoms with Crippen molar-refractivity contribution in [2.24, 2.45) is 5.41 Å². The minimum Gasteiger partial charge on any atom is -0.381 e. The SMILES string of the molecule is C1COCC2(C1)CCOCC2. The Morgan fingerprint density at radius 3 is 2.27 bits per heavy atom. The number of hydrogen-bond acceptors (Lipinski definition) is 2. The van der Waals surface area contributed by atoms with Crippen LogP contribution in [0.4, 0.5) is 0 Å². The quantitative estimate of drug-likeness (QED) is 0.530. The van der Waals surface area contributed by atoms with E-state index in [1.165, 1.54) is 25.7 Å². The number of hydrogen-bond donors (Lipinski definition) is 0. The van der Waals surface area contributed by atoms with Gasteiger partial charge < -0.3 is 9.47 Å². The summed E-state index contributed by atoms with van der Waals surface area (Å²) in [6, 6.07) is 0. The summed E-state index contributed by atoms with van der Waals surface area (Å²) in [5, 5.41) is 0. The Balaban J connectivity index is 1.94. The maximum Gasteiger partial charge on any atom is 0.0524 e. The Bertz CT molecular complexity index is 102. The van der Waals surface area contributed by atoms with E-state index in [1.807, 2.05) is 0 Å². The van der Waals surface area contributed by atoms with Gasteiger partial charge >= 0.3 is 0 Å². The fourth-order valence-electron chi connectivity index (χ4n) is 2.11. The van der Waals surface area contributed by atoms with Gasteiger partial charge in [0.1, 0.15) is 0 Å². The van der Waals surface area contributed by atoms with Crippen LogP contribution in [0.15, 0.2) is 0 Å². The molecular weight excluding hydrogens is 140 g/mol. The van der Waals surface area contributed by atoms with Crippen LogP contribution in [0, 0.1) is 5.41 Å². The van der Waals surface area contributed by atoms with Gasteiger partial charge in [-0.05, 0) is 31.1 Å². The number of rotatable bonds is 0. The highest BCUT2D eigenvalue weighted by molar-refractivity contribution is 4.83. The summed E-state index contributed by atoms with van der Waals surface area (Å²) in [5.74, 6) is 0. The van der Waals surface area contributed by atoms with E-state index in [2.05, 4.69) is 0 Å². The smallest absolute Gasteiger partial charge is 0.0524 e. The fraction of sp³-hybridized carbons (Fsp3) is 1.00. The molecule has 0 saturated carbocycles. The van der Waals surface area contributed by atoms with Crippen LogP contribution in [0.5, 0.6) is 0 Å². The third-order valence-corrected chi connectivity index (χ3v) is 2.96. The van der Waals surface area contributed by atoms with E-state index in [4.69, 9.17) is 9.47 Å². The highest BCUT2D eigenvalue weighted by Gasteiger charge is 2.34. The van der Waals surface area contributed by atoms with Crippen LogP contribution < -0.4 is 0 Å². The first kappa shape index (κ1) is 7.56. The molecule has 0 N–H and O–H groups in total. The third kappa shape index (κ3) is 1.57. The van der Waals surface area contributed by atoms with Crippen molar-refractivity contribution in [1.82, 2.24) is 0 Å².